The van der Waals surface area contributed by atoms with Gasteiger partial charge >= 0.3 is 0 Å². The molecule has 0 N–H and O–H groups in total. The quantitative estimate of drug-likeness (QED) is 0.845. The van der Waals surface area contributed by atoms with Gasteiger partial charge in [0, 0.05) is 32.7 Å². The maximum absolute atomic E-state index is 5.83. The van der Waals surface area contributed by atoms with Crippen LogP contribution in [0.15, 0.2) is 28.7 Å². The van der Waals surface area contributed by atoms with Gasteiger partial charge in [-0.1, -0.05) is 12.1 Å². The minimum absolute atomic E-state index is 0.785. The highest BCUT2D eigenvalue weighted by molar-refractivity contribution is 5.74. The van der Waals surface area contributed by atoms with E-state index in [1.807, 2.05) is 24.3 Å². The molecule has 1 saturated heterocycles. The second kappa shape index (κ2) is 4.53. The summed E-state index contributed by atoms with van der Waals surface area (Å²) in [6.45, 7) is 5.62. The van der Waals surface area contributed by atoms with Crippen LogP contribution in [-0.4, -0.2) is 42.6 Å². The van der Waals surface area contributed by atoms with Crippen molar-refractivity contribution in [3.8, 4) is 0 Å². The number of benzene rings is 1. The highest BCUT2D eigenvalue weighted by atomic mass is 16.4. The van der Waals surface area contributed by atoms with Crippen molar-refractivity contribution >= 4 is 17.1 Å². The fourth-order valence-electron chi connectivity index (χ4n) is 2.78. The van der Waals surface area contributed by atoms with Crippen LogP contribution in [0.5, 0.6) is 0 Å². The summed E-state index contributed by atoms with van der Waals surface area (Å²) >= 11 is 0. The van der Waals surface area contributed by atoms with Gasteiger partial charge in [-0.15, -0.1) is 0 Å². The number of nitrogens with zero attached hydrogens (tertiary/aromatic N) is 3. The first-order valence-electron chi connectivity index (χ1n) is 7.21. The van der Waals surface area contributed by atoms with Gasteiger partial charge in [0.25, 0.3) is 6.01 Å². The first-order chi connectivity index (χ1) is 9.38. The summed E-state index contributed by atoms with van der Waals surface area (Å²) in [4.78, 5) is 9.42. The molecular formula is C15H19N3O. The zero-order chi connectivity index (χ0) is 12.7. The van der Waals surface area contributed by atoms with Crippen molar-refractivity contribution in [3.05, 3.63) is 24.3 Å². The average molecular weight is 257 g/mol. The Morgan fingerprint density at radius 1 is 1.11 bits per heavy atom. The van der Waals surface area contributed by atoms with Crippen LogP contribution in [0.2, 0.25) is 0 Å². The number of aromatic nitrogens is 1. The molecule has 2 fully saturated rings. The summed E-state index contributed by atoms with van der Waals surface area (Å²) in [5, 5.41) is 0. The minimum Gasteiger partial charge on any atom is -0.423 e. The van der Waals surface area contributed by atoms with Crippen LogP contribution in [0, 0.1) is 5.92 Å². The van der Waals surface area contributed by atoms with Crippen LogP contribution < -0.4 is 4.90 Å². The van der Waals surface area contributed by atoms with Crippen LogP contribution in [0.25, 0.3) is 11.1 Å². The van der Waals surface area contributed by atoms with Crippen LogP contribution >= 0.6 is 0 Å². The highest BCUT2D eigenvalue weighted by Gasteiger charge is 2.27. The second-order valence-corrected chi connectivity index (χ2v) is 5.70. The van der Waals surface area contributed by atoms with Crippen molar-refractivity contribution in [1.82, 2.24) is 9.88 Å². The topological polar surface area (TPSA) is 32.5 Å². The van der Waals surface area contributed by atoms with E-state index >= 15 is 0 Å². The number of hydrogen-bond acceptors (Lipinski definition) is 4. The number of para-hydroxylation sites is 2. The fourth-order valence-corrected chi connectivity index (χ4v) is 2.78. The third-order valence-electron chi connectivity index (χ3n) is 4.14. The van der Waals surface area contributed by atoms with Crippen molar-refractivity contribution < 1.29 is 4.42 Å². The molecule has 1 saturated carbocycles. The van der Waals surface area contributed by atoms with E-state index in [1.165, 1.54) is 19.4 Å². The van der Waals surface area contributed by atoms with Crippen LogP contribution in [0.1, 0.15) is 12.8 Å². The van der Waals surface area contributed by atoms with Gasteiger partial charge in [-0.3, -0.25) is 4.90 Å². The lowest BCUT2D eigenvalue weighted by molar-refractivity contribution is 0.244. The molecule has 4 nitrogen and oxygen atoms in total. The number of fused-ring (bicyclic) bond motifs is 1. The summed E-state index contributed by atoms with van der Waals surface area (Å²) in [5.41, 5.74) is 1.84. The summed E-state index contributed by atoms with van der Waals surface area (Å²) < 4.78 is 5.83. The average Bonchev–Trinajstić information content (AvgIpc) is 3.15. The van der Waals surface area contributed by atoms with Crippen LogP contribution in [0.4, 0.5) is 6.01 Å². The van der Waals surface area contributed by atoms with E-state index in [0.717, 1.165) is 49.2 Å². The Labute approximate surface area is 113 Å². The maximum atomic E-state index is 5.83. The monoisotopic (exact) mass is 257 g/mol. The molecule has 1 aromatic heterocycles. The van der Waals surface area contributed by atoms with Gasteiger partial charge in [0.15, 0.2) is 5.58 Å². The van der Waals surface area contributed by atoms with E-state index in [9.17, 15) is 0 Å². The summed E-state index contributed by atoms with van der Waals surface area (Å²) in [6, 6.07) is 8.76. The molecule has 4 rings (SSSR count). The number of piperazine rings is 1. The van der Waals surface area contributed by atoms with E-state index in [0.29, 0.717) is 0 Å². The minimum atomic E-state index is 0.785. The van der Waals surface area contributed by atoms with E-state index in [4.69, 9.17) is 4.42 Å². The number of anilines is 1. The Morgan fingerprint density at radius 3 is 2.63 bits per heavy atom. The number of oxazole rings is 1. The molecule has 1 aliphatic heterocycles. The number of rotatable bonds is 3. The Morgan fingerprint density at radius 2 is 1.89 bits per heavy atom. The van der Waals surface area contributed by atoms with Gasteiger partial charge in [0.2, 0.25) is 0 Å². The molecule has 100 valence electrons. The van der Waals surface area contributed by atoms with Crippen LogP contribution in [-0.2, 0) is 0 Å². The SMILES string of the molecule is c1ccc2oc(N3CCN(CC4CC4)CC3)nc2c1. The molecule has 0 spiro atoms. The summed E-state index contributed by atoms with van der Waals surface area (Å²) in [5.74, 6) is 0.982. The molecule has 2 aliphatic rings. The second-order valence-electron chi connectivity index (χ2n) is 5.70. The standard InChI is InChI=1S/C15H19N3O/c1-2-4-14-13(3-1)16-15(19-14)18-9-7-17(8-10-18)11-12-5-6-12/h1-4,12H,5-11H2. The normalized spacial score (nSPS) is 21.2. The Kier molecular flexibility index (Phi) is 2.69. The Balaban J connectivity index is 1.45. The van der Waals surface area contributed by atoms with Gasteiger partial charge in [-0.05, 0) is 30.9 Å². The number of hydrogen-bond donors (Lipinski definition) is 0. The molecule has 0 unspecified atom stereocenters. The molecule has 19 heavy (non-hydrogen) atoms. The lowest BCUT2D eigenvalue weighted by atomic mass is 10.3. The summed E-state index contributed by atoms with van der Waals surface area (Å²) in [7, 11) is 0. The van der Waals surface area contributed by atoms with Crippen LogP contribution in [0.3, 0.4) is 0 Å². The molecule has 2 heterocycles. The van der Waals surface area contributed by atoms with Gasteiger partial charge in [0.05, 0.1) is 0 Å². The first-order valence-corrected chi connectivity index (χ1v) is 7.21. The molecule has 2 aromatic rings. The molecule has 0 radical (unpaired) electrons. The van der Waals surface area contributed by atoms with Crippen molar-refractivity contribution in [1.29, 1.82) is 0 Å². The zero-order valence-corrected chi connectivity index (χ0v) is 11.1. The molecule has 0 atom stereocenters. The van der Waals surface area contributed by atoms with E-state index in [2.05, 4.69) is 14.8 Å². The molecule has 1 aliphatic carbocycles. The smallest absolute Gasteiger partial charge is 0.298 e. The van der Waals surface area contributed by atoms with Gasteiger partial charge in [0.1, 0.15) is 5.52 Å². The maximum Gasteiger partial charge on any atom is 0.298 e. The summed E-state index contributed by atoms with van der Waals surface area (Å²) in [6.07, 6.45) is 2.87. The van der Waals surface area contributed by atoms with Gasteiger partial charge < -0.3 is 9.32 Å². The fraction of sp³-hybridized carbons (Fsp3) is 0.533. The largest absolute Gasteiger partial charge is 0.423 e. The molecule has 1 aromatic carbocycles. The zero-order valence-electron chi connectivity index (χ0n) is 11.1. The van der Waals surface area contributed by atoms with Crippen molar-refractivity contribution in [2.75, 3.05) is 37.6 Å². The first kappa shape index (κ1) is 11.3. The predicted molar refractivity (Wildman–Crippen MR) is 75.4 cm³/mol. The van der Waals surface area contributed by atoms with Gasteiger partial charge in [-0.2, -0.15) is 4.98 Å². The highest BCUT2D eigenvalue weighted by Crippen LogP contribution is 2.30. The molecule has 0 bridgehead atoms. The van der Waals surface area contributed by atoms with Crippen molar-refractivity contribution in [2.24, 2.45) is 5.92 Å². The van der Waals surface area contributed by atoms with E-state index in [-0.39, 0.29) is 0 Å². The molecule has 0 amide bonds. The molecular weight excluding hydrogens is 238 g/mol. The van der Waals surface area contributed by atoms with E-state index in [1.54, 1.807) is 0 Å². The lowest BCUT2D eigenvalue weighted by Crippen LogP contribution is -2.47. The molecule has 4 heteroatoms. The van der Waals surface area contributed by atoms with Gasteiger partial charge in [-0.25, -0.2) is 0 Å². The predicted octanol–water partition coefficient (Wildman–Crippen LogP) is 2.36. The Bertz CT molecular complexity index is 535. The van der Waals surface area contributed by atoms with Crippen molar-refractivity contribution in [2.45, 2.75) is 12.8 Å². The lowest BCUT2D eigenvalue weighted by Gasteiger charge is -2.33. The van der Waals surface area contributed by atoms with Crippen molar-refractivity contribution in [3.63, 3.8) is 0 Å². The third-order valence-corrected chi connectivity index (χ3v) is 4.14. The van der Waals surface area contributed by atoms with E-state index < -0.39 is 0 Å². The third kappa shape index (κ3) is 2.32. The Hall–Kier alpha value is -1.55.